The zero-order valence-corrected chi connectivity index (χ0v) is 19.0. The molecule has 1 aliphatic heterocycles. The highest BCUT2D eigenvalue weighted by molar-refractivity contribution is 7.89. The van der Waals surface area contributed by atoms with Crippen LogP contribution in [0.4, 0.5) is 5.69 Å². The van der Waals surface area contributed by atoms with Crippen LogP contribution in [0.5, 0.6) is 5.75 Å². The fourth-order valence-corrected chi connectivity index (χ4v) is 5.33. The normalized spacial score (nSPS) is 15.9. The number of carbonyl (C=O) groups is 1. The largest absolute Gasteiger partial charge is 0.495 e. The molecule has 1 N–H and O–H groups in total. The third kappa shape index (κ3) is 4.96. The van der Waals surface area contributed by atoms with Gasteiger partial charge < -0.3 is 10.1 Å². The molecule has 6 nitrogen and oxygen atoms in total. The van der Waals surface area contributed by atoms with Gasteiger partial charge in [-0.3, -0.25) is 4.79 Å². The molecule has 0 spiro atoms. The summed E-state index contributed by atoms with van der Waals surface area (Å²) in [6.07, 6.45) is 0.943. The highest BCUT2D eigenvalue weighted by Crippen LogP contribution is 2.30. The molecule has 1 fully saturated rings. The van der Waals surface area contributed by atoms with Crippen molar-refractivity contribution in [2.45, 2.75) is 37.5 Å². The number of methoxy groups -OCH3 is 1. The Bertz CT molecular complexity index is 998. The van der Waals surface area contributed by atoms with Crippen LogP contribution in [0.25, 0.3) is 0 Å². The van der Waals surface area contributed by atoms with E-state index in [0.29, 0.717) is 24.5 Å². The van der Waals surface area contributed by atoms with Gasteiger partial charge in [-0.2, -0.15) is 4.31 Å². The average Bonchev–Trinajstić information content (AvgIpc) is 2.74. The summed E-state index contributed by atoms with van der Waals surface area (Å²) in [5.74, 6) is 0.562. The number of halogens is 1. The number of nitrogens with one attached hydrogen (secondary N) is 1. The number of rotatable bonds is 6. The topological polar surface area (TPSA) is 75.7 Å². The van der Waals surface area contributed by atoms with E-state index < -0.39 is 10.0 Å². The molecule has 2 aromatic rings. The molecule has 0 atom stereocenters. The summed E-state index contributed by atoms with van der Waals surface area (Å²) < 4.78 is 32.3. The van der Waals surface area contributed by atoms with Crippen LogP contribution in [-0.4, -0.2) is 38.8 Å². The summed E-state index contributed by atoms with van der Waals surface area (Å²) >= 11 is 6.08. The SMILES string of the molecule is COc1ccc(S(=O)(=O)N2CCC(C(=O)Nc3ccc(C(C)C)cc3)CC2)cc1Cl. The molecular weight excluding hydrogens is 424 g/mol. The van der Waals surface area contributed by atoms with Crippen LogP contribution < -0.4 is 10.1 Å². The Morgan fingerprint density at radius 1 is 1.13 bits per heavy atom. The maximum absolute atomic E-state index is 12.9. The summed E-state index contributed by atoms with van der Waals surface area (Å²) in [5, 5.41) is 3.19. The first-order valence-electron chi connectivity index (χ1n) is 9.97. The zero-order chi connectivity index (χ0) is 21.9. The molecule has 1 aliphatic rings. The Labute approximate surface area is 183 Å². The minimum atomic E-state index is -3.67. The van der Waals surface area contributed by atoms with Crippen LogP contribution >= 0.6 is 11.6 Å². The van der Waals surface area contributed by atoms with Crippen molar-refractivity contribution in [2.24, 2.45) is 5.92 Å². The summed E-state index contributed by atoms with van der Waals surface area (Å²) in [6, 6.07) is 12.3. The van der Waals surface area contributed by atoms with E-state index in [0.717, 1.165) is 5.69 Å². The van der Waals surface area contributed by atoms with Crippen LogP contribution in [0.3, 0.4) is 0 Å². The zero-order valence-electron chi connectivity index (χ0n) is 17.4. The first-order valence-corrected chi connectivity index (χ1v) is 11.8. The highest BCUT2D eigenvalue weighted by Gasteiger charge is 2.32. The molecular formula is C22H27ClN2O4S. The van der Waals surface area contributed by atoms with E-state index in [2.05, 4.69) is 19.2 Å². The Morgan fingerprint density at radius 2 is 1.77 bits per heavy atom. The predicted molar refractivity (Wildman–Crippen MR) is 119 cm³/mol. The fourth-order valence-electron chi connectivity index (χ4n) is 3.51. The van der Waals surface area contributed by atoms with E-state index in [-0.39, 0.29) is 34.8 Å². The number of sulfonamides is 1. The lowest BCUT2D eigenvalue weighted by atomic mass is 9.97. The lowest BCUT2D eigenvalue weighted by Crippen LogP contribution is -2.41. The predicted octanol–water partition coefficient (Wildman–Crippen LogP) is 4.51. The van der Waals surface area contributed by atoms with E-state index in [1.54, 1.807) is 6.07 Å². The molecule has 0 aliphatic carbocycles. The van der Waals surface area contributed by atoms with Gasteiger partial charge in [-0.1, -0.05) is 37.6 Å². The van der Waals surface area contributed by atoms with Gasteiger partial charge in [-0.05, 0) is 54.7 Å². The highest BCUT2D eigenvalue weighted by atomic mass is 35.5. The standard InChI is InChI=1S/C22H27ClN2O4S/c1-15(2)16-4-6-18(7-5-16)24-22(26)17-10-12-25(13-11-17)30(27,28)19-8-9-21(29-3)20(23)14-19/h4-9,14-15,17H,10-13H2,1-3H3,(H,24,26). The molecule has 30 heavy (non-hydrogen) atoms. The molecule has 1 amide bonds. The van der Waals surface area contributed by atoms with E-state index in [9.17, 15) is 13.2 Å². The quantitative estimate of drug-likeness (QED) is 0.702. The number of nitrogens with zero attached hydrogens (tertiary/aromatic N) is 1. The smallest absolute Gasteiger partial charge is 0.243 e. The number of hydrogen-bond acceptors (Lipinski definition) is 4. The van der Waals surface area contributed by atoms with Crippen molar-refractivity contribution in [3.8, 4) is 5.75 Å². The lowest BCUT2D eigenvalue weighted by Gasteiger charge is -2.30. The van der Waals surface area contributed by atoms with Crippen molar-refractivity contribution in [3.63, 3.8) is 0 Å². The summed E-state index contributed by atoms with van der Waals surface area (Å²) in [6.45, 7) is 4.82. The molecule has 0 radical (unpaired) electrons. The number of piperidine rings is 1. The first-order chi connectivity index (χ1) is 14.2. The third-order valence-electron chi connectivity index (χ3n) is 5.43. The van der Waals surface area contributed by atoms with E-state index >= 15 is 0 Å². The average molecular weight is 451 g/mol. The van der Waals surface area contributed by atoms with Gasteiger partial charge in [0.25, 0.3) is 0 Å². The van der Waals surface area contributed by atoms with Crippen molar-refractivity contribution < 1.29 is 17.9 Å². The van der Waals surface area contributed by atoms with Crippen LogP contribution in [0.1, 0.15) is 38.2 Å². The third-order valence-corrected chi connectivity index (χ3v) is 7.62. The number of anilines is 1. The number of carbonyl (C=O) groups excluding carboxylic acids is 1. The molecule has 0 aromatic heterocycles. The van der Waals surface area contributed by atoms with Crippen LogP contribution in [0.15, 0.2) is 47.4 Å². The van der Waals surface area contributed by atoms with Crippen molar-refractivity contribution in [2.75, 3.05) is 25.5 Å². The van der Waals surface area contributed by atoms with E-state index in [1.165, 1.54) is 29.1 Å². The van der Waals surface area contributed by atoms with Gasteiger partial charge in [0.1, 0.15) is 5.75 Å². The maximum Gasteiger partial charge on any atom is 0.243 e. The monoisotopic (exact) mass is 450 g/mol. The number of hydrogen-bond donors (Lipinski definition) is 1. The molecule has 1 heterocycles. The Balaban J connectivity index is 1.60. The molecule has 0 saturated carbocycles. The van der Waals surface area contributed by atoms with Crippen molar-refractivity contribution in [1.82, 2.24) is 4.31 Å². The van der Waals surface area contributed by atoms with Crippen LogP contribution in [0.2, 0.25) is 5.02 Å². The molecule has 3 rings (SSSR count). The molecule has 0 unspecified atom stereocenters. The molecule has 162 valence electrons. The molecule has 0 bridgehead atoms. The fraction of sp³-hybridized carbons (Fsp3) is 0.409. The van der Waals surface area contributed by atoms with E-state index in [1.807, 2.05) is 24.3 Å². The Hall–Kier alpha value is -2.09. The number of amides is 1. The van der Waals surface area contributed by atoms with Crippen molar-refractivity contribution >= 4 is 33.2 Å². The molecule has 1 saturated heterocycles. The van der Waals surface area contributed by atoms with Crippen LogP contribution in [-0.2, 0) is 14.8 Å². The Kier molecular flexibility index (Phi) is 7.06. The van der Waals surface area contributed by atoms with Gasteiger partial charge >= 0.3 is 0 Å². The van der Waals surface area contributed by atoms with Crippen LogP contribution in [0, 0.1) is 5.92 Å². The molecule has 8 heteroatoms. The lowest BCUT2D eigenvalue weighted by molar-refractivity contribution is -0.120. The van der Waals surface area contributed by atoms with Gasteiger partial charge in [-0.15, -0.1) is 0 Å². The van der Waals surface area contributed by atoms with E-state index in [4.69, 9.17) is 16.3 Å². The minimum Gasteiger partial charge on any atom is -0.495 e. The second-order valence-electron chi connectivity index (χ2n) is 7.74. The van der Waals surface area contributed by atoms with Gasteiger partial charge in [0.05, 0.1) is 17.0 Å². The second-order valence-corrected chi connectivity index (χ2v) is 10.1. The summed E-state index contributed by atoms with van der Waals surface area (Å²) in [7, 11) is -2.19. The molecule has 2 aromatic carbocycles. The van der Waals surface area contributed by atoms with Gasteiger partial charge in [0.15, 0.2) is 0 Å². The summed E-state index contributed by atoms with van der Waals surface area (Å²) in [5.41, 5.74) is 1.97. The summed E-state index contributed by atoms with van der Waals surface area (Å²) in [4.78, 5) is 12.7. The Morgan fingerprint density at radius 3 is 2.30 bits per heavy atom. The van der Waals surface area contributed by atoms with Gasteiger partial charge in [-0.25, -0.2) is 8.42 Å². The maximum atomic E-state index is 12.9. The van der Waals surface area contributed by atoms with Gasteiger partial charge in [0.2, 0.25) is 15.9 Å². The minimum absolute atomic E-state index is 0.0724. The second kappa shape index (κ2) is 9.37. The first kappa shape index (κ1) is 22.6. The van der Waals surface area contributed by atoms with Crippen molar-refractivity contribution in [1.29, 1.82) is 0 Å². The van der Waals surface area contributed by atoms with Gasteiger partial charge in [0, 0.05) is 24.7 Å². The number of benzene rings is 2. The van der Waals surface area contributed by atoms with Crippen molar-refractivity contribution in [3.05, 3.63) is 53.1 Å². The number of ether oxygens (including phenoxy) is 1.